The third-order valence-corrected chi connectivity index (χ3v) is 6.32. The maximum absolute atomic E-state index is 12.7. The molecular formula is C21H25ClN2O6S. The van der Waals surface area contributed by atoms with Crippen molar-refractivity contribution in [3.8, 4) is 17.2 Å². The molecule has 31 heavy (non-hydrogen) atoms. The van der Waals surface area contributed by atoms with Crippen molar-refractivity contribution in [2.45, 2.75) is 18.9 Å². The van der Waals surface area contributed by atoms with Gasteiger partial charge in [0.25, 0.3) is 5.91 Å². The Bertz CT molecular complexity index is 1060. The Balaban J connectivity index is 1.67. The lowest BCUT2D eigenvalue weighted by molar-refractivity contribution is -0.128. The molecule has 0 fully saturated rings. The van der Waals surface area contributed by atoms with Gasteiger partial charge < -0.3 is 19.5 Å². The lowest BCUT2D eigenvalue weighted by atomic mass is 10.1. The number of fused-ring (bicyclic) bond motifs is 1. The second-order valence-electron chi connectivity index (χ2n) is 7.07. The molecule has 2 aromatic rings. The summed E-state index contributed by atoms with van der Waals surface area (Å²) in [5.41, 5.74) is 1.30. The van der Waals surface area contributed by atoms with Crippen molar-refractivity contribution in [2.24, 2.45) is 0 Å². The van der Waals surface area contributed by atoms with Gasteiger partial charge in [0.15, 0.2) is 17.6 Å². The fraction of sp³-hybridized carbons (Fsp3) is 0.381. The van der Waals surface area contributed by atoms with E-state index in [2.05, 4.69) is 5.32 Å². The predicted molar refractivity (Wildman–Crippen MR) is 119 cm³/mol. The Labute approximate surface area is 187 Å². The molecule has 1 heterocycles. The molecule has 1 N–H and O–H groups in total. The highest BCUT2D eigenvalue weighted by Crippen LogP contribution is 2.36. The fourth-order valence-corrected chi connectivity index (χ4v) is 4.46. The summed E-state index contributed by atoms with van der Waals surface area (Å²) in [6.07, 6.45) is 1.08. The second-order valence-corrected chi connectivity index (χ2v) is 9.42. The minimum Gasteiger partial charge on any atom is -0.493 e. The van der Waals surface area contributed by atoms with Gasteiger partial charge in [0.2, 0.25) is 10.0 Å². The Kier molecular flexibility index (Phi) is 7.17. The van der Waals surface area contributed by atoms with Gasteiger partial charge in [-0.25, -0.2) is 8.42 Å². The van der Waals surface area contributed by atoms with E-state index in [1.54, 1.807) is 26.4 Å². The van der Waals surface area contributed by atoms with Crippen LogP contribution in [0.15, 0.2) is 36.4 Å². The number of hydrogen-bond donors (Lipinski definition) is 1. The summed E-state index contributed by atoms with van der Waals surface area (Å²) in [5.74, 6) is 1.25. The molecule has 0 aliphatic carbocycles. The Morgan fingerprint density at radius 1 is 1.19 bits per heavy atom. The molecule has 1 amide bonds. The monoisotopic (exact) mass is 468 g/mol. The van der Waals surface area contributed by atoms with Gasteiger partial charge in [-0.1, -0.05) is 17.7 Å². The van der Waals surface area contributed by atoms with E-state index in [4.69, 9.17) is 25.8 Å². The highest BCUT2D eigenvalue weighted by Gasteiger charge is 2.31. The molecule has 2 aromatic carbocycles. The summed E-state index contributed by atoms with van der Waals surface area (Å²) < 4.78 is 42.0. The molecule has 0 aromatic heterocycles. The standard InChI is InChI=1S/C21H25ClN2O6S/c1-28-18-6-4-14(12-20(18)29-2)8-10-23-21(25)19-9-11-24(31(3,26)27)16-13-15(22)5-7-17(16)30-19/h4-7,12-13,19H,8-11H2,1-3H3,(H,23,25). The van der Waals surface area contributed by atoms with Crippen molar-refractivity contribution in [2.75, 3.05) is 37.9 Å². The first-order chi connectivity index (χ1) is 14.7. The highest BCUT2D eigenvalue weighted by atomic mass is 35.5. The number of halogens is 1. The maximum atomic E-state index is 12.7. The number of hydrogen-bond acceptors (Lipinski definition) is 6. The van der Waals surface area contributed by atoms with Crippen molar-refractivity contribution >= 4 is 33.2 Å². The molecule has 0 radical (unpaired) electrons. The van der Waals surface area contributed by atoms with Crippen LogP contribution in [0.1, 0.15) is 12.0 Å². The van der Waals surface area contributed by atoms with Crippen LogP contribution >= 0.6 is 11.6 Å². The molecule has 0 bridgehead atoms. The van der Waals surface area contributed by atoms with Crippen LogP contribution in [0.5, 0.6) is 17.2 Å². The maximum Gasteiger partial charge on any atom is 0.261 e. The van der Waals surface area contributed by atoms with Gasteiger partial charge in [-0.05, 0) is 42.3 Å². The quantitative estimate of drug-likeness (QED) is 0.671. The lowest BCUT2D eigenvalue weighted by Gasteiger charge is -2.21. The molecule has 1 atom stereocenters. The van der Waals surface area contributed by atoms with Crippen molar-refractivity contribution < 1.29 is 27.4 Å². The van der Waals surface area contributed by atoms with Gasteiger partial charge in [0, 0.05) is 24.5 Å². The summed E-state index contributed by atoms with van der Waals surface area (Å²) >= 11 is 6.04. The van der Waals surface area contributed by atoms with Gasteiger partial charge in [-0.3, -0.25) is 9.10 Å². The van der Waals surface area contributed by atoms with Gasteiger partial charge >= 0.3 is 0 Å². The fourth-order valence-electron chi connectivity index (χ4n) is 3.36. The van der Waals surface area contributed by atoms with Crippen LogP contribution in [0.2, 0.25) is 5.02 Å². The number of nitrogens with one attached hydrogen (secondary N) is 1. The van der Waals surface area contributed by atoms with E-state index in [0.717, 1.165) is 11.8 Å². The summed E-state index contributed by atoms with van der Waals surface area (Å²) in [4.78, 5) is 12.7. The number of nitrogens with zero attached hydrogens (tertiary/aromatic N) is 1. The highest BCUT2D eigenvalue weighted by molar-refractivity contribution is 7.92. The van der Waals surface area contributed by atoms with Gasteiger partial charge in [-0.2, -0.15) is 0 Å². The number of benzene rings is 2. The summed E-state index contributed by atoms with van der Waals surface area (Å²) in [6.45, 7) is 0.497. The summed E-state index contributed by atoms with van der Waals surface area (Å²) in [7, 11) is -0.415. The second kappa shape index (κ2) is 9.65. The smallest absolute Gasteiger partial charge is 0.261 e. The molecule has 3 rings (SSSR count). The normalized spacial score (nSPS) is 16.0. The zero-order valence-electron chi connectivity index (χ0n) is 17.6. The van der Waals surface area contributed by atoms with Crippen LogP contribution in [0, 0.1) is 0 Å². The van der Waals surface area contributed by atoms with Crippen molar-refractivity contribution in [3.05, 3.63) is 47.0 Å². The number of sulfonamides is 1. The largest absolute Gasteiger partial charge is 0.493 e. The summed E-state index contributed by atoms with van der Waals surface area (Å²) in [5, 5.41) is 3.24. The molecule has 0 saturated carbocycles. The van der Waals surface area contributed by atoms with E-state index < -0.39 is 16.1 Å². The van der Waals surface area contributed by atoms with Crippen molar-refractivity contribution in [1.29, 1.82) is 0 Å². The van der Waals surface area contributed by atoms with Gasteiger partial charge in [0.1, 0.15) is 5.75 Å². The molecule has 0 spiro atoms. The molecule has 10 heteroatoms. The molecule has 0 saturated heterocycles. The summed E-state index contributed by atoms with van der Waals surface area (Å²) in [6, 6.07) is 10.3. The minimum atomic E-state index is -3.55. The molecule has 1 aliphatic rings. The third kappa shape index (κ3) is 5.54. The van der Waals surface area contributed by atoms with E-state index in [0.29, 0.717) is 40.9 Å². The van der Waals surface area contributed by atoms with Crippen LogP contribution in [0.4, 0.5) is 5.69 Å². The van der Waals surface area contributed by atoms with Gasteiger partial charge in [0.05, 0.1) is 26.2 Å². The SMILES string of the molecule is COc1ccc(CCNC(=O)C2CCN(S(C)(=O)=O)c3cc(Cl)ccc3O2)cc1OC. The first-order valence-electron chi connectivity index (χ1n) is 9.65. The molecule has 168 valence electrons. The Morgan fingerprint density at radius 3 is 2.61 bits per heavy atom. The van der Waals surface area contributed by atoms with E-state index >= 15 is 0 Å². The number of carbonyl (C=O) groups is 1. The average molecular weight is 469 g/mol. The van der Waals surface area contributed by atoms with Crippen molar-refractivity contribution in [3.63, 3.8) is 0 Å². The first kappa shape index (κ1) is 23.0. The van der Waals surface area contributed by atoms with E-state index in [1.165, 1.54) is 10.4 Å². The van der Waals surface area contributed by atoms with Crippen LogP contribution in [-0.2, 0) is 21.2 Å². The predicted octanol–water partition coefficient (Wildman–Crippen LogP) is 2.63. The minimum absolute atomic E-state index is 0.111. The number of ether oxygens (including phenoxy) is 3. The number of methoxy groups -OCH3 is 2. The van der Waals surface area contributed by atoms with E-state index in [-0.39, 0.29) is 18.9 Å². The number of amides is 1. The van der Waals surface area contributed by atoms with Crippen LogP contribution < -0.4 is 23.8 Å². The van der Waals surface area contributed by atoms with Crippen LogP contribution in [0.25, 0.3) is 0 Å². The number of rotatable bonds is 7. The topological polar surface area (TPSA) is 94.2 Å². The molecule has 1 unspecified atom stereocenters. The number of anilines is 1. The molecular weight excluding hydrogens is 444 g/mol. The van der Waals surface area contributed by atoms with Gasteiger partial charge in [-0.15, -0.1) is 0 Å². The third-order valence-electron chi connectivity index (χ3n) is 4.91. The average Bonchev–Trinajstić information content (AvgIpc) is 2.92. The number of carbonyl (C=O) groups excluding carboxylic acids is 1. The first-order valence-corrected chi connectivity index (χ1v) is 11.9. The molecule has 1 aliphatic heterocycles. The zero-order valence-corrected chi connectivity index (χ0v) is 19.1. The van der Waals surface area contributed by atoms with Crippen LogP contribution in [0.3, 0.4) is 0 Å². The van der Waals surface area contributed by atoms with E-state index in [1.807, 2.05) is 18.2 Å². The van der Waals surface area contributed by atoms with E-state index in [9.17, 15) is 13.2 Å². The Morgan fingerprint density at radius 2 is 1.94 bits per heavy atom. The lowest BCUT2D eigenvalue weighted by Crippen LogP contribution is -2.40. The molecule has 8 nitrogen and oxygen atoms in total. The zero-order chi connectivity index (χ0) is 22.6. The van der Waals surface area contributed by atoms with Crippen molar-refractivity contribution in [1.82, 2.24) is 5.32 Å². The van der Waals surface area contributed by atoms with Crippen LogP contribution in [-0.4, -0.2) is 54.0 Å². The Hall–Kier alpha value is -2.65.